The third kappa shape index (κ3) is 13.1. The Kier molecular flexibility index (Phi) is 15.4. The van der Waals surface area contributed by atoms with E-state index >= 15 is 0 Å². The van der Waals surface area contributed by atoms with Gasteiger partial charge in [0.1, 0.15) is 23.9 Å². The van der Waals surface area contributed by atoms with Crippen LogP contribution in [0.3, 0.4) is 0 Å². The maximum Gasteiger partial charge on any atom is 0.343 e. The van der Waals surface area contributed by atoms with Crippen molar-refractivity contribution < 1.29 is 47.8 Å². The summed E-state index contributed by atoms with van der Waals surface area (Å²) in [6.45, 7) is 9.89. The first kappa shape index (κ1) is 38.3. The minimum atomic E-state index is -0.535. The molecule has 0 aromatic heterocycles. The minimum Gasteiger partial charge on any atom is -0.494 e. The van der Waals surface area contributed by atoms with Crippen molar-refractivity contribution in [3.05, 3.63) is 139 Å². The van der Waals surface area contributed by atoms with Crippen LogP contribution in [0.4, 0.5) is 0 Å². The van der Waals surface area contributed by atoms with E-state index in [4.69, 9.17) is 33.5 Å². The van der Waals surface area contributed by atoms with E-state index in [0.717, 1.165) is 28.8 Å². The van der Waals surface area contributed by atoms with Crippen LogP contribution in [0.25, 0.3) is 0 Å². The Bertz CT molecular complexity index is 1850. The summed E-state index contributed by atoms with van der Waals surface area (Å²) in [5.74, 6) is 0.762. The number of carbonyl (C=O) groups is 3. The van der Waals surface area contributed by atoms with Gasteiger partial charge in [-0.2, -0.15) is 15.1 Å². The molecule has 268 valence electrons. The lowest BCUT2D eigenvalue weighted by Crippen LogP contribution is -2.08. The van der Waals surface area contributed by atoms with E-state index in [1.807, 2.05) is 6.92 Å². The number of unbranched alkanes of at least 4 members (excludes halogenated alkanes) is 1. The minimum absolute atomic E-state index is 0.147. The number of carbonyl (C=O) groups excluding carboxylic acids is 3. The predicted molar refractivity (Wildman–Crippen MR) is 194 cm³/mol. The molecule has 0 amide bonds. The standard InChI is InChI=1S/C40H38N2O10/c1-4-38(43)48-24-8-7-23-47-33-20-14-32(15-21-33)40(45)51-35-16-9-29(10-17-35)26-41-42-27-31-13-22-36(37(25-31)46-6-3)52-49-28-30-11-18-34(19-12-30)50-39(44)5-2/h4-5,9-22,25-27H,1-2,6-8,23-24,28H2,3H3. The van der Waals surface area contributed by atoms with Gasteiger partial charge in [0.15, 0.2) is 5.75 Å². The lowest BCUT2D eigenvalue weighted by Gasteiger charge is -2.11. The Morgan fingerprint density at radius 1 is 0.654 bits per heavy atom. The van der Waals surface area contributed by atoms with Crippen LogP contribution < -0.4 is 23.8 Å². The van der Waals surface area contributed by atoms with Crippen molar-refractivity contribution in [2.75, 3.05) is 19.8 Å². The lowest BCUT2D eigenvalue weighted by atomic mass is 10.2. The summed E-state index contributed by atoms with van der Waals surface area (Å²) < 4.78 is 26.8. The van der Waals surface area contributed by atoms with Crippen LogP contribution in [0.15, 0.2) is 127 Å². The first-order valence-corrected chi connectivity index (χ1v) is 16.3. The molecule has 0 aliphatic rings. The Hall–Kier alpha value is -6.53. The fourth-order valence-corrected chi connectivity index (χ4v) is 4.22. The van der Waals surface area contributed by atoms with Gasteiger partial charge in [-0.05, 0) is 115 Å². The summed E-state index contributed by atoms with van der Waals surface area (Å²) in [6, 6.07) is 25.5. The Balaban J connectivity index is 1.21. The smallest absolute Gasteiger partial charge is 0.343 e. The number of rotatable bonds is 20. The molecule has 0 atom stereocenters. The average Bonchev–Trinajstić information content (AvgIpc) is 3.17. The third-order valence-corrected chi connectivity index (χ3v) is 6.83. The molecule has 4 aromatic rings. The lowest BCUT2D eigenvalue weighted by molar-refractivity contribution is -0.218. The van der Waals surface area contributed by atoms with Crippen LogP contribution in [0.2, 0.25) is 0 Å². The number of hydrogen-bond donors (Lipinski definition) is 0. The van der Waals surface area contributed by atoms with Crippen molar-refractivity contribution in [3.63, 3.8) is 0 Å². The van der Waals surface area contributed by atoms with Gasteiger partial charge in [-0.3, -0.25) is 0 Å². The Labute approximate surface area is 301 Å². The van der Waals surface area contributed by atoms with E-state index in [1.54, 1.807) is 103 Å². The predicted octanol–water partition coefficient (Wildman–Crippen LogP) is 7.25. The zero-order valence-electron chi connectivity index (χ0n) is 28.6. The fourth-order valence-electron chi connectivity index (χ4n) is 4.22. The van der Waals surface area contributed by atoms with Crippen molar-refractivity contribution in [2.24, 2.45) is 10.2 Å². The molecule has 0 aliphatic heterocycles. The molecule has 0 N–H and O–H groups in total. The zero-order chi connectivity index (χ0) is 37.0. The first-order valence-electron chi connectivity index (χ1n) is 16.3. The molecule has 0 fully saturated rings. The molecule has 0 unspecified atom stereocenters. The molecule has 0 saturated carbocycles. The van der Waals surface area contributed by atoms with Gasteiger partial charge in [0.05, 0.1) is 37.8 Å². The highest BCUT2D eigenvalue weighted by atomic mass is 17.2. The number of benzene rings is 4. The molecule has 0 heterocycles. The van der Waals surface area contributed by atoms with E-state index in [1.165, 1.54) is 0 Å². The van der Waals surface area contributed by atoms with Gasteiger partial charge >= 0.3 is 17.9 Å². The molecule has 4 rings (SSSR count). The number of nitrogens with zero attached hydrogens (tertiary/aromatic N) is 2. The van der Waals surface area contributed by atoms with Crippen LogP contribution in [0.1, 0.15) is 46.8 Å². The van der Waals surface area contributed by atoms with Gasteiger partial charge in [0.25, 0.3) is 0 Å². The highest BCUT2D eigenvalue weighted by Gasteiger charge is 2.10. The van der Waals surface area contributed by atoms with Crippen LogP contribution >= 0.6 is 0 Å². The van der Waals surface area contributed by atoms with Crippen molar-refractivity contribution in [1.82, 2.24) is 0 Å². The Morgan fingerprint density at radius 2 is 1.27 bits per heavy atom. The van der Waals surface area contributed by atoms with Crippen LogP contribution in [0, 0.1) is 0 Å². The largest absolute Gasteiger partial charge is 0.494 e. The van der Waals surface area contributed by atoms with Gasteiger partial charge in [-0.1, -0.05) is 25.3 Å². The molecular weight excluding hydrogens is 668 g/mol. The molecule has 12 nitrogen and oxygen atoms in total. The van der Waals surface area contributed by atoms with Crippen LogP contribution in [-0.4, -0.2) is 50.2 Å². The van der Waals surface area contributed by atoms with E-state index in [0.29, 0.717) is 67.0 Å². The van der Waals surface area contributed by atoms with Crippen molar-refractivity contribution in [2.45, 2.75) is 26.4 Å². The van der Waals surface area contributed by atoms with Crippen LogP contribution in [0.5, 0.6) is 28.7 Å². The Morgan fingerprint density at radius 3 is 1.96 bits per heavy atom. The molecule has 0 spiro atoms. The summed E-state index contributed by atoms with van der Waals surface area (Å²) in [4.78, 5) is 45.9. The monoisotopic (exact) mass is 706 g/mol. The molecular formula is C40H38N2O10. The van der Waals surface area contributed by atoms with Crippen molar-refractivity contribution in [3.8, 4) is 28.7 Å². The van der Waals surface area contributed by atoms with E-state index in [9.17, 15) is 14.4 Å². The quantitative estimate of drug-likeness (QED) is 0.0176. The maximum atomic E-state index is 12.6. The van der Waals surface area contributed by atoms with Crippen LogP contribution in [-0.2, 0) is 25.8 Å². The number of ether oxygens (including phenoxy) is 5. The highest BCUT2D eigenvalue weighted by Crippen LogP contribution is 2.29. The summed E-state index contributed by atoms with van der Waals surface area (Å²) in [6.07, 6.45) is 6.73. The zero-order valence-corrected chi connectivity index (χ0v) is 28.6. The first-order chi connectivity index (χ1) is 25.4. The van der Waals surface area contributed by atoms with Crippen molar-refractivity contribution >= 4 is 30.3 Å². The molecule has 12 heteroatoms. The topological polar surface area (TPSA) is 141 Å². The molecule has 0 saturated heterocycles. The second-order valence-corrected chi connectivity index (χ2v) is 10.7. The summed E-state index contributed by atoms with van der Waals surface area (Å²) in [5.41, 5.74) is 2.66. The van der Waals surface area contributed by atoms with Gasteiger partial charge in [-0.15, -0.1) is 0 Å². The average molecular weight is 707 g/mol. The highest BCUT2D eigenvalue weighted by molar-refractivity contribution is 5.91. The number of hydrogen-bond acceptors (Lipinski definition) is 12. The molecule has 4 aromatic carbocycles. The SMILES string of the molecule is C=CC(=O)OCCCCOc1ccc(C(=O)Oc2ccc(C=NN=Cc3ccc(OOCc4ccc(OC(=O)C=C)cc4)c(OCC)c3)cc2)cc1. The molecule has 52 heavy (non-hydrogen) atoms. The second kappa shape index (κ2) is 20.9. The third-order valence-electron chi connectivity index (χ3n) is 6.83. The summed E-state index contributed by atoms with van der Waals surface area (Å²) >= 11 is 0. The molecule has 0 aliphatic carbocycles. The summed E-state index contributed by atoms with van der Waals surface area (Å²) in [7, 11) is 0. The van der Waals surface area contributed by atoms with Gasteiger partial charge < -0.3 is 28.6 Å². The normalized spacial score (nSPS) is 10.8. The van der Waals surface area contributed by atoms with Gasteiger partial charge in [0.2, 0.25) is 5.75 Å². The van der Waals surface area contributed by atoms with E-state index in [2.05, 4.69) is 23.4 Å². The fraction of sp³-hybridized carbons (Fsp3) is 0.175. The van der Waals surface area contributed by atoms with Gasteiger partial charge in [0, 0.05) is 12.2 Å². The summed E-state index contributed by atoms with van der Waals surface area (Å²) in [5, 5.41) is 8.23. The van der Waals surface area contributed by atoms with Crippen molar-refractivity contribution in [1.29, 1.82) is 0 Å². The second-order valence-electron chi connectivity index (χ2n) is 10.7. The molecule has 0 bridgehead atoms. The van der Waals surface area contributed by atoms with E-state index in [-0.39, 0.29) is 6.61 Å². The molecule has 0 radical (unpaired) electrons. The van der Waals surface area contributed by atoms with Gasteiger partial charge in [-0.25, -0.2) is 14.4 Å². The number of esters is 3. The van der Waals surface area contributed by atoms with E-state index < -0.39 is 17.9 Å². The maximum absolute atomic E-state index is 12.6.